The summed E-state index contributed by atoms with van der Waals surface area (Å²) in [6.45, 7) is 5.21. The number of benzene rings is 1. The van der Waals surface area contributed by atoms with Crippen LogP contribution >= 0.6 is 27.5 Å². The van der Waals surface area contributed by atoms with Crippen LogP contribution in [-0.2, 0) is 13.1 Å². The minimum absolute atomic E-state index is 0.183. The van der Waals surface area contributed by atoms with Gasteiger partial charge in [0.05, 0.1) is 11.9 Å². The van der Waals surface area contributed by atoms with Crippen molar-refractivity contribution in [1.29, 1.82) is 0 Å². The summed E-state index contributed by atoms with van der Waals surface area (Å²) in [7, 11) is 0. The van der Waals surface area contributed by atoms with E-state index in [2.05, 4.69) is 26.3 Å². The van der Waals surface area contributed by atoms with Crippen LogP contribution in [0.2, 0.25) is 5.02 Å². The van der Waals surface area contributed by atoms with Crippen LogP contribution in [0.25, 0.3) is 0 Å². The van der Waals surface area contributed by atoms with Gasteiger partial charge >= 0.3 is 0 Å². The first-order valence-electron chi connectivity index (χ1n) is 6.71. The zero-order valence-corrected chi connectivity index (χ0v) is 14.3. The minimum Gasteiger partial charge on any atom is -0.378 e. The zero-order chi connectivity index (χ0) is 15.4. The Morgan fingerprint density at radius 1 is 1.33 bits per heavy atom. The van der Waals surface area contributed by atoms with E-state index in [1.54, 1.807) is 6.20 Å². The highest BCUT2D eigenvalue weighted by atomic mass is 79.9. The molecule has 21 heavy (non-hydrogen) atoms. The Labute approximate surface area is 137 Å². The van der Waals surface area contributed by atoms with E-state index in [9.17, 15) is 4.79 Å². The average molecular weight is 371 g/mol. The van der Waals surface area contributed by atoms with Crippen molar-refractivity contribution in [3.63, 3.8) is 0 Å². The molecule has 0 saturated heterocycles. The Bertz CT molecular complexity index is 668. The highest BCUT2D eigenvalue weighted by Crippen LogP contribution is 2.17. The topological polar surface area (TPSA) is 46.9 Å². The highest BCUT2D eigenvalue weighted by molar-refractivity contribution is 9.10. The van der Waals surface area contributed by atoms with Gasteiger partial charge in [-0.15, -0.1) is 0 Å². The molecule has 0 fully saturated rings. The molecule has 6 heteroatoms. The molecular formula is C15H17BrClN3O. The van der Waals surface area contributed by atoms with Crippen LogP contribution in [0.3, 0.4) is 0 Å². The SMILES string of the molecule is CC(C)Cn1ncc(NCc2ccc(Br)cc2)c(Cl)c1=O. The van der Waals surface area contributed by atoms with Gasteiger partial charge in [-0.2, -0.15) is 5.10 Å². The second kappa shape index (κ2) is 7.09. The maximum Gasteiger partial charge on any atom is 0.287 e. The zero-order valence-electron chi connectivity index (χ0n) is 11.9. The fourth-order valence-electron chi connectivity index (χ4n) is 1.86. The number of nitrogens with one attached hydrogen (secondary N) is 1. The Kier molecular flexibility index (Phi) is 5.42. The summed E-state index contributed by atoms with van der Waals surface area (Å²) in [4.78, 5) is 12.1. The predicted molar refractivity (Wildman–Crippen MR) is 89.8 cm³/mol. The number of hydrogen-bond acceptors (Lipinski definition) is 3. The third-order valence-electron chi connectivity index (χ3n) is 2.92. The van der Waals surface area contributed by atoms with Crippen LogP contribution in [-0.4, -0.2) is 9.78 Å². The molecule has 1 N–H and O–H groups in total. The smallest absolute Gasteiger partial charge is 0.287 e. The van der Waals surface area contributed by atoms with E-state index in [0.717, 1.165) is 10.0 Å². The van der Waals surface area contributed by atoms with E-state index in [-0.39, 0.29) is 10.6 Å². The third kappa shape index (κ3) is 4.32. The molecule has 0 unspecified atom stereocenters. The molecular weight excluding hydrogens is 354 g/mol. The first-order valence-corrected chi connectivity index (χ1v) is 7.88. The number of aromatic nitrogens is 2. The van der Waals surface area contributed by atoms with Gasteiger partial charge in [0.2, 0.25) is 0 Å². The first kappa shape index (κ1) is 16.0. The number of nitrogens with zero attached hydrogens (tertiary/aromatic N) is 2. The Balaban J connectivity index is 2.12. The fraction of sp³-hybridized carbons (Fsp3) is 0.333. The van der Waals surface area contributed by atoms with Crippen molar-refractivity contribution < 1.29 is 0 Å². The van der Waals surface area contributed by atoms with Crippen molar-refractivity contribution >= 4 is 33.2 Å². The van der Waals surface area contributed by atoms with E-state index in [4.69, 9.17) is 11.6 Å². The molecule has 1 aromatic heterocycles. The molecule has 0 spiro atoms. The monoisotopic (exact) mass is 369 g/mol. The van der Waals surface area contributed by atoms with Gasteiger partial charge in [-0.05, 0) is 23.6 Å². The van der Waals surface area contributed by atoms with E-state index < -0.39 is 0 Å². The lowest BCUT2D eigenvalue weighted by Crippen LogP contribution is -2.26. The largest absolute Gasteiger partial charge is 0.378 e. The maximum atomic E-state index is 12.1. The van der Waals surface area contributed by atoms with Gasteiger partial charge in [0.25, 0.3) is 5.56 Å². The summed E-state index contributed by atoms with van der Waals surface area (Å²) in [5.41, 5.74) is 1.40. The molecule has 0 aliphatic heterocycles. The third-order valence-corrected chi connectivity index (χ3v) is 3.81. The van der Waals surface area contributed by atoms with E-state index in [0.29, 0.717) is 24.7 Å². The van der Waals surface area contributed by atoms with E-state index in [1.165, 1.54) is 4.68 Å². The quantitative estimate of drug-likeness (QED) is 0.867. The molecule has 0 radical (unpaired) electrons. The number of halogens is 2. The standard InChI is InChI=1S/C15H17BrClN3O/c1-10(2)9-20-15(21)14(17)13(8-19-20)18-7-11-3-5-12(16)6-4-11/h3-6,8,10,18H,7,9H2,1-2H3. The number of hydrogen-bond donors (Lipinski definition) is 1. The number of anilines is 1. The van der Waals surface area contributed by atoms with Crippen LogP contribution in [0.4, 0.5) is 5.69 Å². The molecule has 0 atom stereocenters. The molecule has 0 amide bonds. The van der Waals surface area contributed by atoms with Crippen molar-refractivity contribution in [2.24, 2.45) is 5.92 Å². The molecule has 0 aliphatic rings. The Morgan fingerprint density at radius 2 is 2.00 bits per heavy atom. The van der Waals surface area contributed by atoms with Crippen molar-refractivity contribution in [1.82, 2.24) is 9.78 Å². The minimum atomic E-state index is -0.258. The number of rotatable bonds is 5. The van der Waals surface area contributed by atoms with Crippen LogP contribution < -0.4 is 10.9 Å². The lowest BCUT2D eigenvalue weighted by Gasteiger charge is -2.11. The average Bonchev–Trinajstić information content (AvgIpc) is 2.44. The molecule has 112 valence electrons. The Hall–Kier alpha value is -1.33. The van der Waals surface area contributed by atoms with Crippen LogP contribution in [0.5, 0.6) is 0 Å². The molecule has 2 aromatic rings. The molecule has 1 heterocycles. The second-order valence-corrected chi connectivity index (χ2v) is 6.53. The molecule has 0 bridgehead atoms. The fourth-order valence-corrected chi connectivity index (χ4v) is 2.34. The first-order chi connectivity index (χ1) is 9.97. The maximum absolute atomic E-state index is 12.1. The highest BCUT2D eigenvalue weighted by Gasteiger charge is 2.10. The summed E-state index contributed by atoms with van der Waals surface area (Å²) < 4.78 is 2.43. The molecule has 0 aliphatic carbocycles. The molecule has 4 nitrogen and oxygen atoms in total. The summed E-state index contributed by atoms with van der Waals surface area (Å²) in [6.07, 6.45) is 1.60. The van der Waals surface area contributed by atoms with Crippen molar-refractivity contribution in [3.05, 3.63) is 55.9 Å². The van der Waals surface area contributed by atoms with Crippen molar-refractivity contribution in [2.75, 3.05) is 5.32 Å². The normalized spacial score (nSPS) is 10.9. The Morgan fingerprint density at radius 3 is 2.62 bits per heavy atom. The molecule has 2 rings (SSSR count). The predicted octanol–water partition coefficient (Wildman–Crippen LogP) is 3.93. The van der Waals surface area contributed by atoms with Crippen LogP contribution in [0.1, 0.15) is 19.4 Å². The van der Waals surface area contributed by atoms with Gasteiger partial charge < -0.3 is 5.32 Å². The van der Waals surface area contributed by atoms with Crippen LogP contribution in [0.15, 0.2) is 39.7 Å². The van der Waals surface area contributed by atoms with Gasteiger partial charge in [-0.3, -0.25) is 4.79 Å². The van der Waals surface area contributed by atoms with Gasteiger partial charge in [0.1, 0.15) is 5.02 Å². The van der Waals surface area contributed by atoms with Crippen molar-refractivity contribution in [2.45, 2.75) is 26.9 Å². The lowest BCUT2D eigenvalue weighted by molar-refractivity contribution is 0.464. The van der Waals surface area contributed by atoms with Gasteiger partial charge in [-0.25, -0.2) is 4.68 Å². The summed E-state index contributed by atoms with van der Waals surface area (Å²) in [6, 6.07) is 7.94. The second-order valence-electron chi connectivity index (χ2n) is 5.23. The van der Waals surface area contributed by atoms with E-state index >= 15 is 0 Å². The summed E-state index contributed by atoms with van der Waals surface area (Å²) in [5, 5.41) is 7.49. The van der Waals surface area contributed by atoms with Crippen molar-refractivity contribution in [3.8, 4) is 0 Å². The molecule has 0 saturated carbocycles. The van der Waals surface area contributed by atoms with Gasteiger partial charge in [-0.1, -0.05) is 53.5 Å². The van der Waals surface area contributed by atoms with Gasteiger partial charge in [0, 0.05) is 17.6 Å². The lowest BCUT2D eigenvalue weighted by atomic mass is 10.2. The summed E-state index contributed by atoms with van der Waals surface area (Å²) in [5.74, 6) is 0.341. The van der Waals surface area contributed by atoms with Crippen LogP contribution in [0, 0.1) is 5.92 Å². The molecule has 1 aromatic carbocycles. The van der Waals surface area contributed by atoms with E-state index in [1.807, 2.05) is 38.1 Å². The summed E-state index contributed by atoms with van der Waals surface area (Å²) >= 11 is 9.52. The van der Waals surface area contributed by atoms with Gasteiger partial charge in [0.15, 0.2) is 0 Å².